The maximum absolute atomic E-state index is 12.0. The van der Waals surface area contributed by atoms with E-state index in [4.69, 9.17) is 5.84 Å². The number of aromatic nitrogens is 1. The third-order valence-corrected chi connectivity index (χ3v) is 3.28. The van der Waals surface area contributed by atoms with Crippen LogP contribution in [0.2, 0.25) is 0 Å². The fourth-order valence-corrected chi connectivity index (χ4v) is 1.89. The van der Waals surface area contributed by atoms with Crippen LogP contribution in [0, 0.1) is 11.8 Å². The lowest BCUT2D eigenvalue weighted by molar-refractivity contribution is 0.0781. The summed E-state index contributed by atoms with van der Waals surface area (Å²) in [6.07, 6.45) is 2.78. The Kier molecular flexibility index (Phi) is 3.28. The normalized spacial score (nSPS) is 22.1. The van der Waals surface area contributed by atoms with Crippen LogP contribution in [0.15, 0.2) is 18.3 Å². The lowest BCUT2D eigenvalue weighted by atomic mass is 10.2. The average Bonchev–Trinajstić information content (AvgIpc) is 3.04. The fourth-order valence-electron chi connectivity index (χ4n) is 1.89. The molecule has 1 aromatic rings. The maximum atomic E-state index is 12.0. The molecule has 92 valence electrons. The highest BCUT2D eigenvalue weighted by Crippen LogP contribution is 2.38. The standard InChI is InChI=1S/C12H18N4O/c1-8-5-9(8)7-16(2)12(17)11-4-3-10(15-13)6-14-11/h3-4,6,8-9,15H,5,7,13H2,1-2H3. The van der Waals surface area contributed by atoms with Gasteiger partial charge in [0.2, 0.25) is 0 Å². The Labute approximate surface area is 101 Å². The van der Waals surface area contributed by atoms with Gasteiger partial charge in [0.25, 0.3) is 5.91 Å². The minimum Gasteiger partial charge on any atom is -0.340 e. The molecule has 1 aliphatic carbocycles. The average molecular weight is 234 g/mol. The predicted octanol–water partition coefficient (Wildman–Crippen LogP) is 1.10. The van der Waals surface area contributed by atoms with E-state index >= 15 is 0 Å². The van der Waals surface area contributed by atoms with Crippen LogP contribution in [0.5, 0.6) is 0 Å². The van der Waals surface area contributed by atoms with Gasteiger partial charge in [-0.3, -0.25) is 10.6 Å². The molecule has 1 heterocycles. The first-order chi connectivity index (χ1) is 8.11. The van der Waals surface area contributed by atoms with Crippen LogP contribution < -0.4 is 11.3 Å². The van der Waals surface area contributed by atoms with Crippen LogP contribution in [0.4, 0.5) is 5.69 Å². The molecule has 1 aliphatic rings. The van der Waals surface area contributed by atoms with E-state index in [1.54, 1.807) is 23.2 Å². The van der Waals surface area contributed by atoms with Crippen molar-refractivity contribution in [3.05, 3.63) is 24.0 Å². The molecule has 0 aliphatic heterocycles. The highest BCUT2D eigenvalue weighted by atomic mass is 16.2. The van der Waals surface area contributed by atoms with Gasteiger partial charge in [-0.25, -0.2) is 4.98 Å². The molecule has 2 atom stereocenters. The SMILES string of the molecule is CC1CC1CN(C)C(=O)c1ccc(NN)cn1. The van der Waals surface area contributed by atoms with Gasteiger partial charge in [0, 0.05) is 13.6 Å². The Balaban J connectivity index is 1.97. The summed E-state index contributed by atoms with van der Waals surface area (Å²) >= 11 is 0. The number of hydrogen-bond acceptors (Lipinski definition) is 4. The molecule has 17 heavy (non-hydrogen) atoms. The van der Waals surface area contributed by atoms with Gasteiger partial charge >= 0.3 is 0 Å². The van der Waals surface area contributed by atoms with E-state index in [0.29, 0.717) is 17.3 Å². The van der Waals surface area contributed by atoms with Gasteiger partial charge < -0.3 is 10.3 Å². The Morgan fingerprint density at radius 2 is 2.35 bits per heavy atom. The van der Waals surface area contributed by atoms with Crippen molar-refractivity contribution < 1.29 is 4.79 Å². The molecular weight excluding hydrogens is 216 g/mol. The number of nitrogen functional groups attached to an aromatic ring is 1. The van der Waals surface area contributed by atoms with E-state index < -0.39 is 0 Å². The van der Waals surface area contributed by atoms with Crippen molar-refractivity contribution in [1.29, 1.82) is 0 Å². The van der Waals surface area contributed by atoms with E-state index in [-0.39, 0.29) is 5.91 Å². The van der Waals surface area contributed by atoms with Crippen molar-refractivity contribution in [2.24, 2.45) is 17.7 Å². The molecule has 1 aromatic heterocycles. The first-order valence-corrected chi connectivity index (χ1v) is 5.80. The number of hydrogen-bond donors (Lipinski definition) is 2. The van der Waals surface area contributed by atoms with Gasteiger partial charge in [0.1, 0.15) is 5.69 Å². The Hall–Kier alpha value is -1.62. The zero-order valence-corrected chi connectivity index (χ0v) is 10.2. The van der Waals surface area contributed by atoms with E-state index in [1.165, 1.54) is 6.42 Å². The Morgan fingerprint density at radius 3 is 2.82 bits per heavy atom. The van der Waals surface area contributed by atoms with Gasteiger partial charge in [0.05, 0.1) is 11.9 Å². The third kappa shape index (κ3) is 2.74. The van der Waals surface area contributed by atoms with Crippen LogP contribution >= 0.6 is 0 Å². The highest BCUT2D eigenvalue weighted by molar-refractivity contribution is 5.92. The van der Waals surface area contributed by atoms with Crippen LogP contribution in [-0.2, 0) is 0 Å². The number of hydrazine groups is 1. The fraction of sp³-hybridized carbons (Fsp3) is 0.500. The second kappa shape index (κ2) is 4.71. The topological polar surface area (TPSA) is 71.2 Å². The van der Waals surface area contributed by atoms with Gasteiger partial charge in [-0.05, 0) is 30.4 Å². The molecule has 5 heteroatoms. The van der Waals surface area contributed by atoms with Crippen LogP contribution in [0.3, 0.4) is 0 Å². The van der Waals surface area contributed by atoms with Crippen LogP contribution in [-0.4, -0.2) is 29.4 Å². The van der Waals surface area contributed by atoms with Crippen molar-refractivity contribution in [3.63, 3.8) is 0 Å². The Morgan fingerprint density at radius 1 is 1.65 bits per heavy atom. The Bertz CT molecular complexity index is 403. The van der Waals surface area contributed by atoms with E-state index in [1.807, 2.05) is 7.05 Å². The summed E-state index contributed by atoms with van der Waals surface area (Å²) in [5, 5.41) is 0. The molecule has 1 fully saturated rings. The monoisotopic (exact) mass is 234 g/mol. The smallest absolute Gasteiger partial charge is 0.272 e. The van der Waals surface area contributed by atoms with Crippen LogP contribution in [0.25, 0.3) is 0 Å². The largest absolute Gasteiger partial charge is 0.340 e. The van der Waals surface area contributed by atoms with E-state index in [0.717, 1.165) is 12.5 Å². The van der Waals surface area contributed by atoms with Gasteiger partial charge in [0.15, 0.2) is 0 Å². The molecule has 0 aromatic carbocycles. The third-order valence-electron chi connectivity index (χ3n) is 3.28. The predicted molar refractivity (Wildman–Crippen MR) is 66.3 cm³/mol. The number of anilines is 1. The lowest BCUT2D eigenvalue weighted by Gasteiger charge is -2.16. The van der Waals surface area contributed by atoms with Crippen molar-refractivity contribution >= 4 is 11.6 Å². The van der Waals surface area contributed by atoms with Crippen molar-refractivity contribution in [1.82, 2.24) is 9.88 Å². The number of nitrogens with two attached hydrogens (primary N) is 1. The molecule has 2 unspecified atom stereocenters. The van der Waals surface area contributed by atoms with Gasteiger partial charge in [-0.1, -0.05) is 6.92 Å². The molecule has 5 nitrogen and oxygen atoms in total. The zero-order valence-electron chi connectivity index (χ0n) is 10.2. The van der Waals surface area contributed by atoms with Crippen molar-refractivity contribution in [2.75, 3.05) is 19.0 Å². The van der Waals surface area contributed by atoms with Crippen molar-refractivity contribution in [2.45, 2.75) is 13.3 Å². The van der Waals surface area contributed by atoms with E-state index in [9.17, 15) is 4.79 Å². The highest BCUT2D eigenvalue weighted by Gasteiger charge is 2.34. The summed E-state index contributed by atoms with van der Waals surface area (Å²) in [6, 6.07) is 3.43. The minimum absolute atomic E-state index is 0.0346. The summed E-state index contributed by atoms with van der Waals surface area (Å²) in [4.78, 5) is 17.9. The minimum atomic E-state index is -0.0346. The quantitative estimate of drug-likeness (QED) is 0.604. The molecule has 0 radical (unpaired) electrons. The molecule has 0 bridgehead atoms. The number of pyridine rings is 1. The van der Waals surface area contributed by atoms with Gasteiger partial charge in [-0.15, -0.1) is 0 Å². The number of carbonyl (C=O) groups is 1. The van der Waals surface area contributed by atoms with Crippen molar-refractivity contribution in [3.8, 4) is 0 Å². The molecule has 0 spiro atoms. The van der Waals surface area contributed by atoms with Gasteiger partial charge in [-0.2, -0.15) is 0 Å². The molecule has 1 amide bonds. The zero-order chi connectivity index (χ0) is 12.4. The molecule has 1 saturated carbocycles. The number of nitrogens with zero attached hydrogens (tertiary/aromatic N) is 2. The maximum Gasteiger partial charge on any atom is 0.272 e. The molecule has 2 rings (SSSR count). The van der Waals surface area contributed by atoms with E-state index in [2.05, 4.69) is 17.3 Å². The number of nitrogens with one attached hydrogen (secondary N) is 1. The molecule has 3 N–H and O–H groups in total. The summed E-state index contributed by atoms with van der Waals surface area (Å²) in [5.41, 5.74) is 3.64. The lowest BCUT2D eigenvalue weighted by Crippen LogP contribution is -2.29. The second-order valence-corrected chi connectivity index (χ2v) is 4.74. The summed E-state index contributed by atoms with van der Waals surface area (Å²) in [7, 11) is 1.82. The number of carbonyl (C=O) groups excluding carboxylic acids is 1. The first-order valence-electron chi connectivity index (χ1n) is 5.80. The summed E-state index contributed by atoms with van der Waals surface area (Å²) < 4.78 is 0. The second-order valence-electron chi connectivity index (χ2n) is 4.74. The molecular formula is C12H18N4O. The van der Waals surface area contributed by atoms with Crippen LogP contribution in [0.1, 0.15) is 23.8 Å². The first kappa shape index (κ1) is 11.9. The number of amides is 1. The molecule has 0 saturated heterocycles. The summed E-state index contributed by atoms with van der Waals surface area (Å²) in [5.74, 6) is 6.62. The summed E-state index contributed by atoms with van der Waals surface area (Å²) in [6.45, 7) is 3.03. The number of rotatable bonds is 4.